The lowest BCUT2D eigenvalue weighted by Crippen LogP contribution is -2.33. The van der Waals surface area contributed by atoms with Gasteiger partial charge in [-0.3, -0.25) is 0 Å². The Hall–Kier alpha value is -1.49. The molecule has 0 N–H and O–H groups in total. The lowest BCUT2D eigenvalue weighted by atomic mass is 10.1. The summed E-state index contributed by atoms with van der Waals surface area (Å²) >= 11 is 1.67. The lowest BCUT2D eigenvalue weighted by molar-refractivity contribution is 0.113. The molecule has 0 spiro atoms. The second-order valence-corrected chi connectivity index (χ2v) is 4.78. The molecule has 0 fully saturated rings. The van der Waals surface area contributed by atoms with Crippen molar-refractivity contribution in [3.63, 3.8) is 0 Å². The zero-order valence-corrected chi connectivity index (χ0v) is 9.20. The quantitative estimate of drug-likeness (QED) is 0.687. The Kier molecular flexibility index (Phi) is 1.62. The highest BCUT2D eigenvalue weighted by Crippen LogP contribution is 2.43. The third-order valence-corrected chi connectivity index (χ3v) is 3.73. The van der Waals surface area contributed by atoms with Crippen LogP contribution in [0.5, 0.6) is 17.2 Å². The van der Waals surface area contributed by atoms with Crippen molar-refractivity contribution in [3.8, 4) is 17.2 Å². The van der Waals surface area contributed by atoms with Crippen LogP contribution < -0.4 is 14.2 Å². The predicted octanol–water partition coefficient (Wildman–Crippen LogP) is 2.11. The first kappa shape index (κ1) is 8.64. The second-order valence-electron chi connectivity index (χ2n) is 3.83. The van der Waals surface area contributed by atoms with E-state index in [9.17, 15) is 0 Å². The van der Waals surface area contributed by atoms with E-state index < -0.39 is 0 Å². The zero-order chi connectivity index (χ0) is 10.5. The first-order chi connectivity index (χ1) is 7.90. The van der Waals surface area contributed by atoms with Crippen LogP contribution in [0.4, 0.5) is 0 Å². The van der Waals surface area contributed by atoms with Gasteiger partial charge in [0.15, 0.2) is 11.5 Å². The van der Waals surface area contributed by atoms with Crippen LogP contribution in [-0.4, -0.2) is 17.3 Å². The van der Waals surface area contributed by atoms with E-state index in [0.717, 1.165) is 29.4 Å². The Labute approximate surface area is 96.8 Å². The van der Waals surface area contributed by atoms with Crippen molar-refractivity contribution < 1.29 is 14.2 Å². The summed E-state index contributed by atoms with van der Waals surface area (Å²) in [5.74, 6) is 2.50. The van der Waals surface area contributed by atoms with Gasteiger partial charge >= 0.3 is 0 Å². The van der Waals surface area contributed by atoms with Crippen molar-refractivity contribution in [1.82, 2.24) is 4.90 Å². The van der Waals surface area contributed by atoms with Crippen molar-refractivity contribution in [2.24, 2.45) is 0 Å². The minimum Gasteiger partial charge on any atom is -0.460 e. The molecule has 1 aromatic carbocycles. The van der Waals surface area contributed by atoms with Gasteiger partial charge in [-0.25, -0.2) is 0 Å². The first-order valence-electron chi connectivity index (χ1n) is 5.07. The van der Waals surface area contributed by atoms with Crippen LogP contribution in [0, 0.1) is 0 Å². The molecule has 16 heavy (non-hydrogen) atoms. The molecule has 0 radical (unpaired) electrons. The van der Waals surface area contributed by atoms with Crippen LogP contribution in [0.1, 0.15) is 5.56 Å². The molecule has 1 aromatic rings. The molecule has 3 aliphatic rings. The van der Waals surface area contributed by atoms with Gasteiger partial charge in [-0.05, 0) is 11.5 Å². The number of fused-ring (bicyclic) bond motifs is 3. The summed E-state index contributed by atoms with van der Waals surface area (Å²) < 4.78 is 16.6. The summed E-state index contributed by atoms with van der Waals surface area (Å²) in [6.07, 6.45) is 2.06. The molecule has 0 saturated carbocycles. The fraction of sp³-hybridized carbons (Fsp3) is 0.273. The number of ether oxygens (including phenoxy) is 3. The third kappa shape index (κ3) is 1.12. The van der Waals surface area contributed by atoms with E-state index in [2.05, 4.69) is 16.5 Å². The summed E-state index contributed by atoms with van der Waals surface area (Å²) in [6.45, 7) is 1.17. The van der Waals surface area contributed by atoms with Gasteiger partial charge in [-0.1, -0.05) is 11.8 Å². The summed E-state index contributed by atoms with van der Waals surface area (Å²) in [6, 6.07) is 3.93. The highest BCUT2D eigenvalue weighted by molar-refractivity contribution is 8.02. The van der Waals surface area contributed by atoms with Crippen molar-refractivity contribution >= 4 is 11.8 Å². The number of hydrogen-bond donors (Lipinski definition) is 0. The van der Waals surface area contributed by atoms with Crippen molar-refractivity contribution in [3.05, 3.63) is 29.3 Å². The summed E-state index contributed by atoms with van der Waals surface area (Å²) in [5, 5.41) is 2.05. The summed E-state index contributed by atoms with van der Waals surface area (Å²) in [5.41, 5.74) is 1.22. The summed E-state index contributed by atoms with van der Waals surface area (Å²) in [7, 11) is 0. The van der Waals surface area contributed by atoms with Gasteiger partial charge in [-0.15, -0.1) is 0 Å². The van der Waals surface area contributed by atoms with E-state index >= 15 is 0 Å². The van der Waals surface area contributed by atoms with Gasteiger partial charge in [0.25, 0.3) is 0 Å². The number of hydrogen-bond acceptors (Lipinski definition) is 5. The van der Waals surface area contributed by atoms with Crippen LogP contribution in [0.3, 0.4) is 0 Å². The molecule has 1 unspecified atom stereocenters. The maximum absolute atomic E-state index is 5.87. The third-order valence-electron chi connectivity index (χ3n) is 2.85. The Balaban J connectivity index is 1.78. The normalized spacial score (nSPS) is 24.0. The molecule has 0 amide bonds. The molecule has 0 saturated heterocycles. The maximum Gasteiger partial charge on any atom is 0.231 e. The van der Waals surface area contributed by atoms with Crippen molar-refractivity contribution in [2.75, 3.05) is 6.79 Å². The average Bonchev–Trinajstić information content (AvgIpc) is 2.89. The number of rotatable bonds is 0. The topological polar surface area (TPSA) is 30.9 Å². The highest BCUT2D eigenvalue weighted by atomic mass is 32.2. The Bertz CT molecular complexity index is 488. The predicted molar refractivity (Wildman–Crippen MR) is 59.3 cm³/mol. The number of nitrogens with zero attached hydrogens (tertiary/aromatic N) is 1. The molecule has 4 nitrogen and oxygen atoms in total. The van der Waals surface area contributed by atoms with Gasteiger partial charge < -0.3 is 19.1 Å². The van der Waals surface area contributed by atoms with Gasteiger partial charge in [0, 0.05) is 17.8 Å². The largest absolute Gasteiger partial charge is 0.460 e. The van der Waals surface area contributed by atoms with E-state index in [-0.39, 0.29) is 5.56 Å². The maximum atomic E-state index is 5.87. The van der Waals surface area contributed by atoms with Crippen LogP contribution in [0.15, 0.2) is 23.7 Å². The van der Waals surface area contributed by atoms with E-state index in [0.29, 0.717) is 6.79 Å². The fourth-order valence-electron chi connectivity index (χ4n) is 2.06. The van der Waals surface area contributed by atoms with E-state index in [1.165, 1.54) is 0 Å². The Morgan fingerprint density at radius 2 is 2.06 bits per heavy atom. The van der Waals surface area contributed by atoms with Gasteiger partial charge in [-0.2, -0.15) is 0 Å². The number of thioether (sulfide) groups is 1. The summed E-state index contributed by atoms with van der Waals surface area (Å²) in [4.78, 5) is 2.16. The van der Waals surface area contributed by atoms with E-state index in [1.54, 1.807) is 11.8 Å². The molecular formula is C11H9NO3S. The van der Waals surface area contributed by atoms with Crippen molar-refractivity contribution in [1.29, 1.82) is 0 Å². The Morgan fingerprint density at radius 1 is 1.19 bits per heavy atom. The van der Waals surface area contributed by atoms with Crippen LogP contribution in [0.25, 0.3) is 0 Å². The standard InChI is InChI=1S/C11H9NO3S/c1-2-16-11-12(1)5-7-3-9-10(14-6-13-9)4-8(7)15-11/h1-4,11H,5-6H2. The molecule has 3 heterocycles. The lowest BCUT2D eigenvalue weighted by Gasteiger charge is -2.31. The molecule has 5 heteroatoms. The molecular weight excluding hydrogens is 226 g/mol. The number of benzene rings is 1. The van der Waals surface area contributed by atoms with Gasteiger partial charge in [0.05, 0.1) is 6.54 Å². The molecule has 0 aromatic heterocycles. The van der Waals surface area contributed by atoms with Crippen molar-refractivity contribution in [2.45, 2.75) is 12.1 Å². The average molecular weight is 235 g/mol. The molecule has 3 aliphatic heterocycles. The van der Waals surface area contributed by atoms with Gasteiger partial charge in [0.1, 0.15) is 5.75 Å². The minimum absolute atomic E-state index is 0.0767. The molecule has 82 valence electrons. The highest BCUT2D eigenvalue weighted by Gasteiger charge is 2.30. The smallest absolute Gasteiger partial charge is 0.231 e. The monoisotopic (exact) mass is 235 g/mol. The molecule has 4 rings (SSSR count). The second kappa shape index (κ2) is 3.01. The van der Waals surface area contributed by atoms with E-state index in [1.807, 2.05) is 12.1 Å². The fourth-order valence-corrected chi connectivity index (χ4v) is 2.88. The van der Waals surface area contributed by atoms with Crippen LogP contribution in [0.2, 0.25) is 0 Å². The first-order valence-corrected chi connectivity index (χ1v) is 6.01. The van der Waals surface area contributed by atoms with Crippen LogP contribution >= 0.6 is 11.8 Å². The molecule has 0 aliphatic carbocycles. The van der Waals surface area contributed by atoms with Gasteiger partial charge in [0.2, 0.25) is 12.4 Å². The zero-order valence-electron chi connectivity index (χ0n) is 8.38. The van der Waals surface area contributed by atoms with E-state index in [4.69, 9.17) is 14.2 Å². The van der Waals surface area contributed by atoms with Crippen LogP contribution in [-0.2, 0) is 6.54 Å². The molecule has 0 bridgehead atoms. The minimum atomic E-state index is 0.0767. The SMILES string of the molecule is C1=CN2Cc3cc4c(cc3OC2S1)OCO4. The Morgan fingerprint density at radius 3 is 3.00 bits per heavy atom. The molecule has 1 atom stereocenters.